The molecule has 0 saturated heterocycles. The number of allylic oxidation sites excluding steroid dienone is 2. The standard InChI is InChI=1S/C26H33N7O2S/c1-17(2)11-14-32-20-22(30-24(32)36-26(3,4)16-27)31(5)25(35)33(23(20)34)19(21-28-12-13-29-21)15-18-9-7-6-8-10-18/h6-13,19H,14-16,27H2,1-5H3,(H,28,29). The lowest BCUT2D eigenvalue weighted by molar-refractivity contribution is 0.498. The van der Waals surface area contributed by atoms with Gasteiger partial charge in [0.15, 0.2) is 16.3 Å². The molecule has 0 spiro atoms. The van der Waals surface area contributed by atoms with E-state index in [-0.39, 0.29) is 4.75 Å². The van der Waals surface area contributed by atoms with E-state index in [1.165, 1.54) is 20.9 Å². The molecule has 36 heavy (non-hydrogen) atoms. The number of rotatable bonds is 9. The molecule has 3 aromatic heterocycles. The summed E-state index contributed by atoms with van der Waals surface area (Å²) in [6, 6.07) is 9.17. The Kier molecular flexibility index (Phi) is 7.37. The number of hydrogen-bond acceptors (Lipinski definition) is 6. The Morgan fingerprint density at radius 3 is 2.56 bits per heavy atom. The van der Waals surface area contributed by atoms with Gasteiger partial charge in [0.25, 0.3) is 5.56 Å². The van der Waals surface area contributed by atoms with Crippen molar-refractivity contribution in [3.8, 4) is 0 Å². The van der Waals surface area contributed by atoms with Gasteiger partial charge in [-0.1, -0.05) is 53.7 Å². The van der Waals surface area contributed by atoms with Gasteiger partial charge in [-0.15, -0.1) is 0 Å². The molecule has 4 aromatic rings. The fraction of sp³-hybridized carbons (Fsp3) is 0.385. The molecule has 0 saturated carbocycles. The molecular weight excluding hydrogens is 474 g/mol. The number of aromatic nitrogens is 6. The van der Waals surface area contributed by atoms with Crippen LogP contribution in [0.25, 0.3) is 11.2 Å². The lowest BCUT2D eigenvalue weighted by Gasteiger charge is -2.21. The van der Waals surface area contributed by atoms with Crippen LogP contribution in [0.2, 0.25) is 0 Å². The highest BCUT2D eigenvalue weighted by Gasteiger charge is 2.28. The van der Waals surface area contributed by atoms with Crippen molar-refractivity contribution in [1.82, 2.24) is 28.7 Å². The monoisotopic (exact) mass is 507 g/mol. The van der Waals surface area contributed by atoms with Gasteiger partial charge in [-0.25, -0.2) is 19.3 Å². The second-order valence-electron chi connectivity index (χ2n) is 9.72. The predicted octanol–water partition coefficient (Wildman–Crippen LogP) is 3.25. The van der Waals surface area contributed by atoms with Crippen molar-refractivity contribution in [2.24, 2.45) is 12.8 Å². The van der Waals surface area contributed by atoms with Gasteiger partial charge < -0.3 is 15.3 Å². The van der Waals surface area contributed by atoms with E-state index in [1.54, 1.807) is 19.4 Å². The summed E-state index contributed by atoms with van der Waals surface area (Å²) in [4.78, 5) is 40.1. The highest BCUT2D eigenvalue weighted by Crippen LogP contribution is 2.32. The third-order valence-corrected chi connectivity index (χ3v) is 7.32. The molecule has 1 unspecified atom stereocenters. The number of nitrogens with one attached hydrogen (secondary N) is 1. The number of H-pyrrole nitrogens is 1. The first-order valence-corrected chi connectivity index (χ1v) is 12.7. The van der Waals surface area contributed by atoms with Gasteiger partial charge >= 0.3 is 5.69 Å². The molecule has 1 aromatic carbocycles. The average Bonchev–Trinajstić information content (AvgIpc) is 3.50. The fourth-order valence-electron chi connectivity index (χ4n) is 4.01. The number of aromatic amines is 1. The Bertz CT molecular complexity index is 1490. The Labute approximate surface area is 214 Å². The third kappa shape index (κ3) is 5.10. The molecule has 3 heterocycles. The minimum absolute atomic E-state index is 0.300. The van der Waals surface area contributed by atoms with Crippen molar-refractivity contribution in [1.29, 1.82) is 0 Å². The van der Waals surface area contributed by atoms with Gasteiger partial charge in [-0.2, -0.15) is 0 Å². The first-order chi connectivity index (χ1) is 17.1. The number of hydrogen-bond donors (Lipinski definition) is 2. The van der Waals surface area contributed by atoms with Gasteiger partial charge in [0.05, 0.1) is 0 Å². The summed E-state index contributed by atoms with van der Waals surface area (Å²) in [5, 5.41) is 0.653. The molecule has 0 aliphatic carbocycles. The number of benzene rings is 1. The summed E-state index contributed by atoms with van der Waals surface area (Å²) in [6.07, 6.45) is 5.80. The Morgan fingerprint density at radius 1 is 1.22 bits per heavy atom. The normalized spacial score (nSPS) is 12.7. The second kappa shape index (κ2) is 10.3. The smallest absolute Gasteiger partial charge is 0.333 e. The van der Waals surface area contributed by atoms with Crippen LogP contribution in [0.3, 0.4) is 0 Å². The molecule has 0 radical (unpaired) electrons. The average molecular weight is 508 g/mol. The molecule has 0 aliphatic rings. The van der Waals surface area contributed by atoms with Crippen LogP contribution >= 0.6 is 11.8 Å². The van der Waals surface area contributed by atoms with E-state index in [0.717, 1.165) is 11.1 Å². The van der Waals surface area contributed by atoms with E-state index in [1.807, 2.05) is 68.7 Å². The number of aryl methyl sites for hydroxylation is 1. The number of thioether (sulfide) groups is 1. The molecule has 0 aliphatic heterocycles. The predicted molar refractivity (Wildman–Crippen MR) is 145 cm³/mol. The minimum atomic E-state index is -0.610. The lowest BCUT2D eigenvalue weighted by atomic mass is 10.1. The molecule has 9 nitrogen and oxygen atoms in total. The topological polar surface area (TPSA) is 117 Å². The summed E-state index contributed by atoms with van der Waals surface area (Å²) in [5.41, 5.74) is 8.02. The van der Waals surface area contributed by atoms with Crippen LogP contribution in [0.4, 0.5) is 0 Å². The molecule has 0 bridgehead atoms. The van der Waals surface area contributed by atoms with Crippen LogP contribution in [0.1, 0.15) is 45.1 Å². The first kappa shape index (κ1) is 25.7. The zero-order valence-electron chi connectivity index (χ0n) is 21.4. The van der Waals surface area contributed by atoms with Gasteiger partial charge in [-0.05, 0) is 33.3 Å². The minimum Gasteiger partial charge on any atom is -0.347 e. The van der Waals surface area contributed by atoms with Crippen molar-refractivity contribution in [3.05, 3.63) is 86.6 Å². The maximum Gasteiger partial charge on any atom is 0.333 e. The first-order valence-electron chi connectivity index (χ1n) is 11.9. The van der Waals surface area contributed by atoms with Crippen LogP contribution in [0, 0.1) is 0 Å². The Hall–Kier alpha value is -3.37. The van der Waals surface area contributed by atoms with E-state index in [9.17, 15) is 9.59 Å². The van der Waals surface area contributed by atoms with Gasteiger partial charge in [0, 0.05) is 43.7 Å². The number of imidazole rings is 2. The molecule has 3 N–H and O–H groups in total. The SMILES string of the molecule is CC(C)=CCn1c(SC(C)(C)CN)nc2c1c(=O)n(C(Cc1ccccc1)c1ncc[nH]1)c(=O)n2C. The van der Waals surface area contributed by atoms with Crippen molar-refractivity contribution in [2.75, 3.05) is 6.54 Å². The number of nitrogens with two attached hydrogens (primary N) is 1. The number of nitrogens with zero attached hydrogens (tertiary/aromatic N) is 5. The van der Waals surface area contributed by atoms with E-state index in [0.29, 0.717) is 41.7 Å². The summed E-state index contributed by atoms with van der Waals surface area (Å²) >= 11 is 1.50. The van der Waals surface area contributed by atoms with Crippen LogP contribution in [-0.2, 0) is 20.0 Å². The third-order valence-electron chi connectivity index (χ3n) is 6.11. The number of fused-ring (bicyclic) bond motifs is 1. The van der Waals surface area contributed by atoms with Crippen molar-refractivity contribution in [3.63, 3.8) is 0 Å². The van der Waals surface area contributed by atoms with E-state index < -0.39 is 17.3 Å². The van der Waals surface area contributed by atoms with Crippen molar-refractivity contribution >= 4 is 22.9 Å². The van der Waals surface area contributed by atoms with E-state index in [2.05, 4.69) is 9.97 Å². The largest absolute Gasteiger partial charge is 0.347 e. The van der Waals surface area contributed by atoms with Crippen LogP contribution < -0.4 is 17.0 Å². The fourth-order valence-corrected chi connectivity index (χ4v) is 5.00. The second-order valence-corrected chi connectivity index (χ2v) is 11.4. The van der Waals surface area contributed by atoms with Gasteiger partial charge in [-0.3, -0.25) is 9.36 Å². The highest BCUT2D eigenvalue weighted by molar-refractivity contribution is 8.00. The van der Waals surface area contributed by atoms with E-state index >= 15 is 0 Å². The maximum atomic E-state index is 14.1. The Morgan fingerprint density at radius 2 is 1.94 bits per heavy atom. The summed E-state index contributed by atoms with van der Waals surface area (Å²) in [7, 11) is 1.66. The van der Waals surface area contributed by atoms with Gasteiger partial charge in [0.1, 0.15) is 11.9 Å². The van der Waals surface area contributed by atoms with Crippen LogP contribution in [-0.4, -0.2) is 39.9 Å². The maximum absolute atomic E-state index is 14.1. The van der Waals surface area contributed by atoms with E-state index in [4.69, 9.17) is 10.7 Å². The lowest BCUT2D eigenvalue weighted by Crippen LogP contribution is -2.43. The summed E-state index contributed by atoms with van der Waals surface area (Å²) in [5.74, 6) is 0.548. The molecule has 0 amide bonds. The zero-order valence-corrected chi connectivity index (χ0v) is 22.2. The molecular formula is C26H33N7O2S. The summed E-state index contributed by atoms with van der Waals surface area (Å²) < 4.78 is 4.35. The van der Waals surface area contributed by atoms with Crippen LogP contribution in [0.5, 0.6) is 0 Å². The zero-order chi connectivity index (χ0) is 26.0. The Balaban J connectivity index is 2.00. The van der Waals surface area contributed by atoms with Crippen LogP contribution in [0.15, 0.2) is 69.1 Å². The van der Waals surface area contributed by atoms with Crippen molar-refractivity contribution < 1.29 is 0 Å². The van der Waals surface area contributed by atoms with Crippen molar-refractivity contribution in [2.45, 2.75) is 56.6 Å². The molecule has 10 heteroatoms. The molecule has 1 atom stereocenters. The summed E-state index contributed by atoms with van der Waals surface area (Å²) in [6.45, 7) is 8.98. The van der Waals surface area contributed by atoms with Gasteiger partial charge in [0.2, 0.25) is 0 Å². The molecule has 4 rings (SSSR count). The highest BCUT2D eigenvalue weighted by atomic mass is 32.2. The quantitative estimate of drug-likeness (QED) is 0.265. The molecule has 190 valence electrons. The molecule has 0 fully saturated rings.